The third-order valence-electron chi connectivity index (χ3n) is 2.42. The number of thioether (sulfide) groups is 1. The van der Waals surface area contributed by atoms with Crippen molar-refractivity contribution in [3.05, 3.63) is 11.9 Å². The zero-order chi connectivity index (χ0) is 11.8. The van der Waals surface area contributed by atoms with Gasteiger partial charge < -0.3 is 5.73 Å². The van der Waals surface area contributed by atoms with Gasteiger partial charge in [-0.2, -0.15) is 11.8 Å². The van der Waals surface area contributed by atoms with E-state index in [-0.39, 0.29) is 6.04 Å². The predicted octanol–water partition coefficient (Wildman–Crippen LogP) is 2.22. The second-order valence-electron chi connectivity index (χ2n) is 3.85. The van der Waals surface area contributed by atoms with Crippen LogP contribution < -0.4 is 5.73 Å². The van der Waals surface area contributed by atoms with Gasteiger partial charge in [-0.25, -0.2) is 0 Å². The summed E-state index contributed by atoms with van der Waals surface area (Å²) in [4.78, 5) is 0. The van der Waals surface area contributed by atoms with E-state index in [0.717, 1.165) is 31.5 Å². The van der Waals surface area contributed by atoms with Gasteiger partial charge in [0.1, 0.15) is 0 Å². The van der Waals surface area contributed by atoms with E-state index in [2.05, 4.69) is 24.2 Å². The van der Waals surface area contributed by atoms with Gasteiger partial charge in [-0.15, -0.1) is 5.10 Å². The molecule has 0 saturated heterocycles. The maximum atomic E-state index is 5.98. The fourth-order valence-corrected chi connectivity index (χ4v) is 2.15. The van der Waals surface area contributed by atoms with Crippen molar-refractivity contribution in [1.82, 2.24) is 15.0 Å². The maximum Gasteiger partial charge on any atom is 0.0994 e. The molecule has 1 rings (SSSR count). The highest BCUT2D eigenvalue weighted by Gasteiger charge is 2.08. The van der Waals surface area contributed by atoms with Crippen LogP contribution in [0.2, 0.25) is 0 Å². The summed E-state index contributed by atoms with van der Waals surface area (Å²) in [5, 5.41) is 8.21. The van der Waals surface area contributed by atoms with Gasteiger partial charge in [0.05, 0.1) is 17.9 Å². The Hall–Kier alpha value is -0.550. The van der Waals surface area contributed by atoms with E-state index in [1.165, 1.54) is 11.5 Å². The summed E-state index contributed by atoms with van der Waals surface area (Å²) in [5.74, 6) is 2.37. The number of rotatable bonds is 8. The van der Waals surface area contributed by atoms with Crippen molar-refractivity contribution in [2.45, 2.75) is 45.7 Å². The lowest BCUT2D eigenvalue weighted by atomic mass is 10.1. The molecule has 5 heteroatoms. The smallest absolute Gasteiger partial charge is 0.0994 e. The summed E-state index contributed by atoms with van der Waals surface area (Å²) in [6.45, 7) is 5.26. The van der Waals surface area contributed by atoms with Crippen molar-refractivity contribution in [3.8, 4) is 0 Å². The van der Waals surface area contributed by atoms with Crippen LogP contribution in [0, 0.1) is 0 Å². The molecule has 0 saturated carbocycles. The molecule has 0 radical (unpaired) electrons. The summed E-state index contributed by atoms with van der Waals surface area (Å²) >= 11 is 1.96. The average molecular weight is 242 g/mol. The highest BCUT2D eigenvalue weighted by Crippen LogP contribution is 2.12. The third kappa shape index (κ3) is 4.53. The maximum absolute atomic E-state index is 5.98. The molecule has 0 aromatic carbocycles. The molecule has 1 aromatic rings. The van der Waals surface area contributed by atoms with Crippen LogP contribution in [0.4, 0.5) is 0 Å². The first-order valence-corrected chi connectivity index (χ1v) is 7.16. The van der Waals surface area contributed by atoms with E-state index in [4.69, 9.17) is 5.73 Å². The second-order valence-corrected chi connectivity index (χ2v) is 5.25. The molecule has 0 aliphatic carbocycles. The van der Waals surface area contributed by atoms with Crippen LogP contribution in [-0.2, 0) is 6.54 Å². The van der Waals surface area contributed by atoms with Crippen LogP contribution in [0.3, 0.4) is 0 Å². The summed E-state index contributed by atoms with van der Waals surface area (Å²) in [5.41, 5.74) is 6.90. The fraction of sp³-hybridized carbons (Fsp3) is 0.818. The first kappa shape index (κ1) is 13.5. The summed E-state index contributed by atoms with van der Waals surface area (Å²) in [6, 6.07) is 0.0452. The molecular formula is C11H22N4S. The van der Waals surface area contributed by atoms with Gasteiger partial charge in [0.2, 0.25) is 0 Å². The lowest BCUT2D eigenvalue weighted by molar-refractivity contribution is 0.581. The van der Waals surface area contributed by atoms with Gasteiger partial charge in [0, 0.05) is 6.54 Å². The molecule has 16 heavy (non-hydrogen) atoms. The summed E-state index contributed by atoms with van der Waals surface area (Å²) in [6.07, 6.45) is 5.19. The monoisotopic (exact) mass is 242 g/mol. The van der Waals surface area contributed by atoms with E-state index in [1.807, 2.05) is 22.6 Å². The molecule has 1 unspecified atom stereocenters. The molecule has 1 heterocycles. The number of aryl methyl sites for hydroxylation is 1. The number of nitrogens with two attached hydrogens (primary N) is 1. The molecule has 1 atom stereocenters. The van der Waals surface area contributed by atoms with Gasteiger partial charge in [-0.3, -0.25) is 4.68 Å². The van der Waals surface area contributed by atoms with Crippen LogP contribution in [0.15, 0.2) is 6.20 Å². The summed E-state index contributed by atoms with van der Waals surface area (Å²) in [7, 11) is 0. The molecule has 1 aromatic heterocycles. The highest BCUT2D eigenvalue weighted by atomic mass is 32.2. The van der Waals surface area contributed by atoms with Crippen LogP contribution in [0.25, 0.3) is 0 Å². The van der Waals surface area contributed by atoms with E-state index in [0.29, 0.717) is 0 Å². The standard InChI is InChI=1S/C11H22N4S/c1-3-6-10(12)11-9-15(14-13-11)7-5-8-16-4-2/h9-10H,3-8,12H2,1-2H3. The van der Waals surface area contributed by atoms with E-state index in [9.17, 15) is 0 Å². The van der Waals surface area contributed by atoms with Gasteiger partial charge in [0.15, 0.2) is 0 Å². The lowest BCUT2D eigenvalue weighted by Gasteiger charge is -2.04. The Morgan fingerprint density at radius 2 is 2.31 bits per heavy atom. The molecule has 2 N–H and O–H groups in total. The number of aromatic nitrogens is 3. The predicted molar refractivity (Wildman–Crippen MR) is 69.5 cm³/mol. The normalized spacial score (nSPS) is 12.9. The van der Waals surface area contributed by atoms with Crippen molar-refractivity contribution in [3.63, 3.8) is 0 Å². The minimum Gasteiger partial charge on any atom is -0.323 e. The quantitative estimate of drug-likeness (QED) is 0.710. The van der Waals surface area contributed by atoms with Crippen molar-refractivity contribution < 1.29 is 0 Å². The molecule has 0 aliphatic rings. The Morgan fingerprint density at radius 3 is 3.00 bits per heavy atom. The third-order valence-corrected chi connectivity index (χ3v) is 3.40. The Labute approximate surface area is 102 Å². The van der Waals surface area contributed by atoms with Crippen molar-refractivity contribution in [2.75, 3.05) is 11.5 Å². The zero-order valence-corrected chi connectivity index (χ0v) is 11.0. The Kier molecular flexibility index (Phi) is 6.49. The SMILES string of the molecule is CCCC(N)c1cn(CCCSCC)nn1. The molecule has 4 nitrogen and oxygen atoms in total. The number of hydrogen-bond acceptors (Lipinski definition) is 4. The molecule has 0 fully saturated rings. The lowest BCUT2D eigenvalue weighted by Crippen LogP contribution is -2.10. The molecule has 92 valence electrons. The van der Waals surface area contributed by atoms with Gasteiger partial charge in [0.25, 0.3) is 0 Å². The molecule has 0 aliphatic heterocycles. The minimum atomic E-state index is 0.0452. The second kappa shape index (κ2) is 7.68. The molecule has 0 bridgehead atoms. The van der Waals surface area contributed by atoms with Gasteiger partial charge in [-0.05, 0) is 24.3 Å². The average Bonchev–Trinajstić information content (AvgIpc) is 2.73. The molecule has 0 spiro atoms. The fourth-order valence-electron chi connectivity index (χ4n) is 1.52. The molecular weight excluding hydrogens is 220 g/mol. The first-order chi connectivity index (χ1) is 7.77. The minimum absolute atomic E-state index is 0.0452. The summed E-state index contributed by atoms with van der Waals surface area (Å²) < 4.78 is 1.90. The highest BCUT2D eigenvalue weighted by molar-refractivity contribution is 7.99. The van der Waals surface area contributed by atoms with Crippen molar-refractivity contribution >= 4 is 11.8 Å². The first-order valence-electron chi connectivity index (χ1n) is 6.01. The van der Waals surface area contributed by atoms with Crippen LogP contribution in [0.5, 0.6) is 0 Å². The van der Waals surface area contributed by atoms with E-state index < -0.39 is 0 Å². The van der Waals surface area contributed by atoms with Crippen LogP contribution in [-0.4, -0.2) is 26.5 Å². The van der Waals surface area contributed by atoms with Gasteiger partial charge in [-0.1, -0.05) is 25.5 Å². The van der Waals surface area contributed by atoms with Crippen molar-refractivity contribution in [1.29, 1.82) is 0 Å². The molecule has 0 amide bonds. The Morgan fingerprint density at radius 1 is 1.50 bits per heavy atom. The topological polar surface area (TPSA) is 56.7 Å². The van der Waals surface area contributed by atoms with Crippen molar-refractivity contribution in [2.24, 2.45) is 5.73 Å². The Balaban J connectivity index is 2.33. The number of nitrogens with zero attached hydrogens (tertiary/aromatic N) is 3. The van der Waals surface area contributed by atoms with Crippen LogP contribution >= 0.6 is 11.8 Å². The van der Waals surface area contributed by atoms with Crippen LogP contribution in [0.1, 0.15) is 44.8 Å². The van der Waals surface area contributed by atoms with Gasteiger partial charge >= 0.3 is 0 Å². The van der Waals surface area contributed by atoms with E-state index >= 15 is 0 Å². The van der Waals surface area contributed by atoms with E-state index in [1.54, 1.807) is 0 Å². The number of hydrogen-bond donors (Lipinski definition) is 1. The largest absolute Gasteiger partial charge is 0.323 e. The Bertz CT molecular complexity index is 287. The zero-order valence-electron chi connectivity index (χ0n) is 10.2.